The molecular formula is C24H20FN7O. The molecule has 0 spiro atoms. The van der Waals surface area contributed by atoms with Gasteiger partial charge in [-0.1, -0.05) is 47.6 Å². The van der Waals surface area contributed by atoms with Gasteiger partial charge in [-0.05, 0) is 25.0 Å². The van der Waals surface area contributed by atoms with E-state index in [2.05, 4.69) is 30.1 Å². The zero-order valence-corrected chi connectivity index (χ0v) is 17.7. The Morgan fingerprint density at radius 3 is 2.73 bits per heavy atom. The monoisotopic (exact) mass is 441 g/mol. The number of nitrogens with zero attached hydrogens (tertiary/aromatic N) is 7. The molecule has 0 bridgehead atoms. The number of hydrogen-bond donors (Lipinski definition) is 0. The highest BCUT2D eigenvalue weighted by molar-refractivity contribution is 5.66. The van der Waals surface area contributed by atoms with E-state index in [0.717, 1.165) is 36.5 Å². The van der Waals surface area contributed by atoms with Crippen LogP contribution in [0.4, 0.5) is 10.2 Å². The highest BCUT2D eigenvalue weighted by atomic mass is 19.1. The van der Waals surface area contributed by atoms with Gasteiger partial charge in [0.15, 0.2) is 0 Å². The smallest absolute Gasteiger partial charge is 0.254 e. The number of hydrogen-bond acceptors (Lipinski definition) is 7. The van der Waals surface area contributed by atoms with Crippen molar-refractivity contribution in [3.63, 3.8) is 0 Å². The third kappa shape index (κ3) is 3.71. The van der Waals surface area contributed by atoms with Crippen LogP contribution >= 0.6 is 0 Å². The van der Waals surface area contributed by atoms with E-state index < -0.39 is 0 Å². The van der Waals surface area contributed by atoms with Gasteiger partial charge in [0.05, 0.1) is 11.6 Å². The first-order valence-corrected chi connectivity index (χ1v) is 10.9. The molecule has 1 saturated heterocycles. The van der Waals surface area contributed by atoms with E-state index in [1.807, 2.05) is 36.4 Å². The molecule has 1 fully saturated rings. The molecule has 0 amide bonds. The Kier molecular flexibility index (Phi) is 4.79. The number of anilines is 1. The van der Waals surface area contributed by atoms with Crippen molar-refractivity contribution in [1.82, 2.24) is 29.7 Å². The molecule has 9 heteroatoms. The molecule has 33 heavy (non-hydrogen) atoms. The first kappa shape index (κ1) is 19.5. The minimum Gasteiger partial charge on any atom is -0.356 e. The Balaban J connectivity index is 1.32. The van der Waals surface area contributed by atoms with Crippen LogP contribution in [-0.4, -0.2) is 42.8 Å². The Morgan fingerprint density at radius 1 is 0.970 bits per heavy atom. The summed E-state index contributed by atoms with van der Waals surface area (Å²) in [5.74, 6) is 2.17. The van der Waals surface area contributed by atoms with Crippen molar-refractivity contribution >= 4 is 11.6 Å². The quantitative estimate of drug-likeness (QED) is 0.409. The van der Waals surface area contributed by atoms with Crippen molar-refractivity contribution in [2.75, 3.05) is 18.0 Å². The largest absolute Gasteiger partial charge is 0.356 e. The van der Waals surface area contributed by atoms with E-state index >= 15 is 0 Å². The lowest BCUT2D eigenvalue weighted by molar-refractivity contribution is 0.333. The van der Waals surface area contributed by atoms with Gasteiger partial charge in [-0.2, -0.15) is 19.6 Å². The standard InChI is InChI=1S/C24H20FN7O/c25-19-10-4-8-17(12-19)22-29-23(33-30-22)18-9-5-11-31(14-18)21-13-20(16-6-2-1-3-7-16)28-24-26-15-27-32(21)24/h1-4,6-8,10,12-13,15,18H,5,9,11,14H2. The summed E-state index contributed by atoms with van der Waals surface area (Å²) in [7, 11) is 0. The van der Waals surface area contributed by atoms with Gasteiger partial charge in [-0.3, -0.25) is 0 Å². The van der Waals surface area contributed by atoms with Gasteiger partial charge >= 0.3 is 0 Å². The van der Waals surface area contributed by atoms with Crippen molar-refractivity contribution in [2.24, 2.45) is 0 Å². The van der Waals surface area contributed by atoms with Crippen molar-refractivity contribution in [1.29, 1.82) is 0 Å². The maximum absolute atomic E-state index is 13.6. The normalized spacial score (nSPS) is 16.4. The van der Waals surface area contributed by atoms with Gasteiger partial charge in [0.1, 0.15) is 18.0 Å². The van der Waals surface area contributed by atoms with Gasteiger partial charge in [0.25, 0.3) is 5.78 Å². The fourth-order valence-electron chi connectivity index (χ4n) is 4.31. The Labute approximate surface area is 188 Å². The lowest BCUT2D eigenvalue weighted by atomic mass is 9.98. The second-order valence-corrected chi connectivity index (χ2v) is 8.09. The van der Waals surface area contributed by atoms with Crippen LogP contribution in [0.25, 0.3) is 28.4 Å². The summed E-state index contributed by atoms with van der Waals surface area (Å²) in [6.07, 6.45) is 3.41. The van der Waals surface area contributed by atoms with Crippen molar-refractivity contribution in [3.8, 4) is 22.6 Å². The molecule has 1 aliphatic rings. The zero-order chi connectivity index (χ0) is 22.2. The van der Waals surface area contributed by atoms with Crippen LogP contribution in [0.15, 0.2) is 71.5 Å². The second-order valence-electron chi connectivity index (χ2n) is 8.09. The first-order valence-electron chi connectivity index (χ1n) is 10.9. The van der Waals surface area contributed by atoms with Gasteiger partial charge in [0.2, 0.25) is 11.7 Å². The van der Waals surface area contributed by atoms with Crippen molar-refractivity contribution in [2.45, 2.75) is 18.8 Å². The van der Waals surface area contributed by atoms with Crippen LogP contribution < -0.4 is 4.90 Å². The number of aromatic nitrogens is 6. The molecule has 0 N–H and O–H groups in total. The summed E-state index contributed by atoms with van der Waals surface area (Å²) < 4.78 is 21.0. The van der Waals surface area contributed by atoms with Crippen LogP contribution in [0, 0.1) is 5.82 Å². The van der Waals surface area contributed by atoms with E-state index in [4.69, 9.17) is 4.52 Å². The number of fused-ring (bicyclic) bond motifs is 1. The molecule has 1 atom stereocenters. The second kappa shape index (κ2) is 8.09. The van der Waals surface area contributed by atoms with Crippen LogP contribution in [0.1, 0.15) is 24.7 Å². The predicted molar refractivity (Wildman–Crippen MR) is 120 cm³/mol. The van der Waals surface area contributed by atoms with E-state index in [0.29, 0.717) is 29.6 Å². The van der Waals surface area contributed by atoms with E-state index in [1.54, 1.807) is 16.6 Å². The summed E-state index contributed by atoms with van der Waals surface area (Å²) in [5.41, 5.74) is 2.47. The number of benzene rings is 2. The van der Waals surface area contributed by atoms with Crippen LogP contribution in [-0.2, 0) is 0 Å². The lowest BCUT2D eigenvalue weighted by Crippen LogP contribution is -2.36. The third-order valence-corrected chi connectivity index (χ3v) is 5.92. The lowest BCUT2D eigenvalue weighted by Gasteiger charge is -2.32. The maximum atomic E-state index is 13.6. The summed E-state index contributed by atoms with van der Waals surface area (Å²) in [6, 6.07) is 18.3. The Hall–Kier alpha value is -4.14. The van der Waals surface area contributed by atoms with Gasteiger partial charge in [-0.15, -0.1) is 0 Å². The van der Waals surface area contributed by atoms with E-state index in [-0.39, 0.29) is 11.7 Å². The molecule has 164 valence electrons. The first-order chi connectivity index (χ1) is 16.2. The topological polar surface area (TPSA) is 85.2 Å². The molecule has 2 aromatic carbocycles. The molecule has 8 nitrogen and oxygen atoms in total. The Bertz CT molecular complexity index is 1410. The molecule has 0 radical (unpaired) electrons. The molecule has 0 saturated carbocycles. The SMILES string of the molecule is Fc1cccc(-c2noc(C3CCCN(c4cc(-c5ccccc5)nc5ncnn45)C3)n2)c1. The molecule has 5 aromatic rings. The summed E-state index contributed by atoms with van der Waals surface area (Å²) in [5, 5.41) is 8.48. The molecule has 6 rings (SSSR count). The highest BCUT2D eigenvalue weighted by Gasteiger charge is 2.28. The minimum absolute atomic E-state index is 0.0560. The fraction of sp³-hybridized carbons (Fsp3) is 0.208. The summed E-state index contributed by atoms with van der Waals surface area (Å²) in [4.78, 5) is 15.8. The average Bonchev–Trinajstić information content (AvgIpc) is 3.54. The Morgan fingerprint density at radius 2 is 1.85 bits per heavy atom. The molecule has 3 aromatic heterocycles. The molecular weight excluding hydrogens is 421 g/mol. The molecule has 0 aliphatic carbocycles. The van der Waals surface area contributed by atoms with Gasteiger partial charge in [-0.25, -0.2) is 9.37 Å². The van der Waals surface area contributed by atoms with Gasteiger partial charge in [0, 0.05) is 30.3 Å². The number of rotatable bonds is 4. The average molecular weight is 441 g/mol. The molecule has 1 aliphatic heterocycles. The van der Waals surface area contributed by atoms with Crippen LogP contribution in [0.3, 0.4) is 0 Å². The summed E-state index contributed by atoms with van der Waals surface area (Å²) in [6.45, 7) is 1.56. The van der Waals surface area contributed by atoms with Crippen LogP contribution in [0.2, 0.25) is 0 Å². The van der Waals surface area contributed by atoms with Crippen molar-refractivity contribution < 1.29 is 8.91 Å². The fourth-order valence-corrected chi connectivity index (χ4v) is 4.31. The van der Waals surface area contributed by atoms with E-state index in [1.165, 1.54) is 18.5 Å². The molecule has 4 heterocycles. The van der Waals surface area contributed by atoms with Crippen LogP contribution in [0.5, 0.6) is 0 Å². The third-order valence-electron chi connectivity index (χ3n) is 5.92. The molecule has 1 unspecified atom stereocenters. The van der Waals surface area contributed by atoms with E-state index in [9.17, 15) is 4.39 Å². The van der Waals surface area contributed by atoms with Crippen molar-refractivity contribution in [3.05, 3.63) is 78.7 Å². The summed E-state index contributed by atoms with van der Waals surface area (Å²) >= 11 is 0. The van der Waals surface area contributed by atoms with Gasteiger partial charge < -0.3 is 9.42 Å². The minimum atomic E-state index is -0.327. The predicted octanol–water partition coefficient (Wildman–Crippen LogP) is 4.36. The number of halogens is 1. The highest BCUT2D eigenvalue weighted by Crippen LogP contribution is 2.32. The number of piperidine rings is 1. The maximum Gasteiger partial charge on any atom is 0.254 e. The zero-order valence-electron chi connectivity index (χ0n) is 17.7.